The molecule has 0 unspecified atom stereocenters. The summed E-state index contributed by atoms with van der Waals surface area (Å²) in [4.78, 5) is 2.05. The summed E-state index contributed by atoms with van der Waals surface area (Å²) in [6.07, 6.45) is 0. The van der Waals surface area contributed by atoms with Crippen molar-refractivity contribution in [3.05, 3.63) is 36.4 Å². The fourth-order valence-corrected chi connectivity index (χ4v) is 5.68. The second-order valence-electron chi connectivity index (χ2n) is 5.06. The van der Waals surface area contributed by atoms with Crippen molar-refractivity contribution in [2.24, 2.45) is 11.7 Å². The number of sulfonamides is 2. The lowest BCUT2D eigenvalue weighted by Gasteiger charge is -2.05. The molecule has 25 heavy (non-hydrogen) atoms. The van der Waals surface area contributed by atoms with Crippen LogP contribution in [0.25, 0.3) is 11.1 Å². The molecule has 1 heterocycles. The summed E-state index contributed by atoms with van der Waals surface area (Å²) in [5.74, 6) is 9.89. The van der Waals surface area contributed by atoms with Gasteiger partial charge >= 0.3 is 0 Å². The van der Waals surface area contributed by atoms with E-state index in [0.717, 1.165) is 12.1 Å². The van der Waals surface area contributed by atoms with E-state index in [4.69, 9.17) is 11.7 Å². The van der Waals surface area contributed by atoms with Crippen molar-refractivity contribution in [2.75, 3.05) is 0 Å². The van der Waals surface area contributed by atoms with Crippen LogP contribution in [0.1, 0.15) is 0 Å². The lowest BCUT2D eigenvalue weighted by Crippen LogP contribution is -2.30. The highest BCUT2D eigenvalue weighted by Crippen LogP contribution is 2.44. The van der Waals surface area contributed by atoms with Gasteiger partial charge in [-0.2, -0.15) is 9.66 Å². The average molecular weight is 404 g/mol. The first kappa shape index (κ1) is 17.9. The van der Waals surface area contributed by atoms with E-state index in [1.807, 2.05) is 0 Å². The normalized spacial score (nSPS) is 15.6. The van der Waals surface area contributed by atoms with Crippen LogP contribution in [0.5, 0.6) is 0 Å². The molecule has 0 atom stereocenters. The van der Waals surface area contributed by atoms with Crippen molar-refractivity contribution in [1.82, 2.24) is 9.66 Å². The predicted octanol–water partition coefficient (Wildman–Crippen LogP) is -1.20. The van der Waals surface area contributed by atoms with Crippen LogP contribution < -0.4 is 21.3 Å². The third-order valence-electron chi connectivity index (χ3n) is 3.71. The number of benzene rings is 2. The third-order valence-corrected chi connectivity index (χ3v) is 7.91. The largest absolute Gasteiger partial charge is 0.257 e. The first-order valence-corrected chi connectivity index (χ1v) is 11.0. The zero-order valence-corrected chi connectivity index (χ0v) is 14.7. The molecule has 0 saturated heterocycles. The minimum Gasteiger partial charge on any atom is -0.257 e. The zero-order chi connectivity index (χ0) is 18.6. The summed E-state index contributed by atoms with van der Waals surface area (Å²) < 4.78 is 72.5. The number of hydrogen-bond acceptors (Lipinski definition) is 8. The van der Waals surface area contributed by atoms with Crippen molar-refractivity contribution in [3.63, 3.8) is 0 Å². The van der Waals surface area contributed by atoms with E-state index in [1.165, 1.54) is 24.3 Å². The molecule has 0 fully saturated rings. The highest BCUT2D eigenvalue weighted by molar-refractivity contribution is 7.92. The second-order valence-corrected chi connectivity index (χ2v) is 10.4. The highest BCUT2D eigenvalue weighted by Gasteiger charge is 2.35. The summed E-state index contributed by atoms with van der Waals surface area (Å²) in [5, 5.41) is 0. The molecular weight excluding hydrogens is 392 g/mol. The van der Waals surface area contributed by atoms with Gasteiger partial charge in [0.2, 0.25) is 9.84 Å². The van der Waals surface area contributed by atoms with Gasteiger partial charge in [-0.25, -0.2) is 25.3 Å². The van der Waals surface area contributed by atoms with Crippen molar-refractivity contribution in [3.8, 4) is 11.1 Å². The summed E-state index contributed by atoms with van der Waals surface area (Å²) in [6.45, 7) is 0. The first-order chi connectivity index (χ1) is 11.5. The lowest BCUT2D eigenvalue weighted by molar-refractivity contribution is 0.582. The number of nitrogens with one attached hydrogen (secondary N) is 2. The van der Waals surface area contributed by atoms with Gasteiger partial charge in [0.15, 0.2) is 0 Å². The van der Waals surface area contributed by atoms with Gasteiger partial charge in [-0.3, -0.25) is 11.7 Å². The van der Waals surface area contributed by atoms with Crippen LogP contribution in [-0.4, -0.2) is 25.3 Å². The quantitative estimate of drug-likeness (QED) is 0.309. The average Bonchev–Trinajstić information content (AvgIpc) is 2.82. The van der Waals surface area contributed by atoms with E-state index in [0.29, 0.717) is 0 Å². The van der Waals surface area contributed by atoms with Crippen LogP contribution in [0.15, 0.2) is 56.0 Å². The molecule has 6 N–H and O–H groups in total. The van der Waals surface area contributed by atoms with Gasteiger partial charge in [-0.15, -0.1) is 0 Å². The molecule has 10 nitrogen and oxygen atoms in total. The predicted molar refractivity (Wildman–Crippen MR) is 86.3 cm³/mol. The maximum absolute atomic E-state index is 12.7. The highest BCUT2D eigenvalue weighted by atomic mass is 32.2. The first-order valence-electron chi connectivity index (χ1n) is 6.53. The van der Waals surface area contributed by atoms with Crippen molar-refractivity contribution in [1.29, 1.82) is 0 Å². The zero-order valence-electron chi connectivity index (χ0n) is 12.3. The summed E-state index contributed by atoms with van der Waals surface area (Å²) in [7, 11) is -12.2. The molecule has 0 aliphatic carbocycles. The summed E-state index contributed by atoms with van der Waals surface area (Å²) in [5.41, 5.74) is 0.520. The molecule has 2 aromatic rings. The van der Waals surface area contributed by atoms with Crippen molar-refractivity contribution >= 4 is 29.9 Å². The van der Waals surface area contributed by atoms with Gasteiger partial charge in [0.05, 0.1) is 19.6 Å². The number of rotatable bonds is 4. The SMILES string of the molecule is NNS(=O)(=O)c1ccc2c(c1)S(=O)(=O)c1cc(S(=O)(=O)NN)ccc1-2. The molecule has 1 aliphatic heterocycles. The van der Waals surface area contributed by atoms with E-state index in [9.17, 15) is 25.3 Å². The van der Waals surface area contributed by atoms with Crippen LogP contribution >= 0.6 is 0 Å². The van der Waals surface area contributed by atoms with E-state index in [-0.39, 0.29) is 30.7 Å². The van der Waals surface area contributed by atoms with Gasteiger partial charge in [0.1, 0.15) is 0 Å². The Hall–Kier alpha value is -1.87. The summed E-state index contributed by atoms with van der Waals surface area (Å²) in [6, 6.07) is 6.97. The monoisotopic (exact) mass is 404 g/mol. The van der Waals surface area contributed by atoms with Crippen molar-refractivity contribution in [2.45, 2.75) is 19.6 Å². The van der Waals surface area contributed by atoms with Gasteiger partial charge in [0, 0.05) is 11.1 Å². The second kappa shape index (κ2) is 5.57. The lowest BCUT2D eigenvalue weighted by atomic mass is 10.1. The molecule has 0 radical (unpaired) electrons. The van der Waals surface area contributed by atoms with Crippen LogP contribution in [-0.2, 0) is 29.9 Å². The Morgan fingerprint density at radius 1 is 0.720 bits per heavy atom. The molecular formula is C12H12N4O6S3. The Morgan fingerprint density at radius 2 is 1.08 bits per heavy atom. The molecule has 2 aromatic carbocycles. The Labute approximate surface area is 143 Å². The molecule has 0 bridgehead atoms. The molecule has 1 aliphatic rings. The number of sulfone groups is 1. The Morgan fingerprint density at radius 3 is 1.40 bits per heavy atom. The molecule has 3 rings (SSSR count). The Balaban J connectivity index is 2.28. The minimum atomic E-state index is -4.11. The van der Waals surface area contributed by atoms with Gasteiger partial charge in [-0.1, -0.05) is 12.1 Å². The number of hydrogen-bond donors (Lipinski definition) is 4. The van der Waals surface area contributed by atoms with Crippen LogP contribution in [0.4, 0.5) is 0 Å². The fourth-order valence-electron chi connectivity index (χ4n) is 2.48. The molecule has 0 aromatic heterocycles. The van der Waals surface area contributed by atoms with Crippen LogP contribution in [0.3, 0.4) is 0 Å². The standard InChI is InChI=1S/C12H12N4O6S3/c13-15-24(19,20)7-1-3-9-10-4-2-8(25(21,22)16-14)6-12(10)23(17,18)11(9)5-7/h1-6,15-16H,13-14H2. The third kappa shape index (κ3) is 2.65. The molecule has 134 valence electrons. The van der Waals surface area contributed by atoms with E-state index >= 15 is 0 Å². The molecule has 0 saturated carbocycles. The van der Waals surface area contributed by atoms with Gasteiger partial charge in [0.25, 0.3) is 20.0 Å². The Bertz CT molecular complexity index is 1110. The van der Waals surface area contributed by atoms with E-state index in [1.54, 1.807) is 9.66 Å². The van der Waals surface area contributed by atoms with Crippen LogP contribution in [0, 0.1) is 0 Å². The maximum atomic E-state index is 12.7. The number of fused-ring (bicyclic) bond motifs is 3. The van der Waals surface area contributed by atoms with E-state index in [2.05, 4.69) is 0 Å². The molecule has 0 amide bonds. The molecule has 0 spiro atoms. The van der Waals surface area contributed by atoms with Gasteiger partial charge < -0.3 is 0 Å². The summed E-state index contributed by atoms with van der Waals surface area (Å²) >= 11 is 0. The van der Waals surface area contributed by atoms with E-state index < -0.39 is 29.9 Å². The number of hydrazine groups is 2. The van der Waals surface area contributed by atoms with Crippen LogP contribution in [0.2, 0.25) is 0 Å². The van der Waals surface area contributed by atoms with Crippen molar-refractivity contribution < 1.29 is 25.3 Å². The van der Waals surface area contributed by atoms with Gasteiger partial charge in [-0.05, 0) is 24.3 Å². The Kier molecular flexibility index (Phi) is 3.99. The molecule has 13 heteroatoms. The topological polar surface area (TPSA) is 179 Å². The fraction of sp³-hybridized carbons (Fsp3) is 0. The smallest absolute Gasteiger partial charge is 0.253 e. The number of nitrogens with two attached hydrogens (primary N) is 2. The maximum Gasteiger partial charge on any atom is 0.253 e. The minimum absolute atomic E-state index is 0.255.